The molecule has 0 spiro atoms. The zero-order valence-corrected chi connectivity index (χ0v) is 25.2. The maximum Gasteiger partial charge on any atom is 0.240 e. The number of hydrogen-bond donors (Lipinski definition) is 1. The van der Waals surface area contributed by atoms with Crippen molar-refractivity contribution < 1.29 is 23.8 Å². The summed E-state index contributed by atoms with van der Waals surface area (Å²) < 4.78 is 18.5. The van der Waals surface area contributed by atoms with E-state index < -0.39 is 0 Å². The van der Waals surface area contributed by atoms with Crippen LogP contribution in [0.1, 0.15) is 21.9 Å². The number of ether oxygens (including phenoxy) is 3. The molecule has 2 aliphatic rings. The molecule has 2 aliphatic heterocycles. The number of aromatic nitrogens is 3. The molecule has 10 nitrogen and oxygen atoms in total. The highest BCUT2D eigenvalue weighted by Crippen LogP contribution is 2.50. The summed E-state index contributed by atoms with van der Waals surface area (Å²) in [6.45, 7) is 0.271. The molecular formula is C34H29N5O5S. The summed E-state index contributed by atoms with van der Waals surface area (Å²) in [4.78, 5) is 33.1. The number of nitrogens with zero attached hydrogens (tertiary/aromatic N) is 4. The zero-order valence-electron chi connectivity index (χ0n) is 24.4. The Morgan fingerprint density at radius 1 is 1.02 bits per heavy atom. The molecule has 2 aromatic heterocycles. The summed E-state index contributed by atoms with van der Waals surface area (Å²) in [5.74, 6) is 2.22. The number of hydrogen-bond acceptors (Lipinski definition) is 8. The van der Waals surface area contributed by atoms with Crippen molar-refractivity contribution in [2.45, 2.75) is 11.8 Å². The van der Waals surface area contributed by atoms with Gasteiger partial charge in [-0.25, -0.2) is 4.68 Å². The van der Waals surface area contributed by atoms with E-state index in [1.54, 1.807) is 29.1 Å². The fraction of sp³-hybridized carbons (Fsp3) is 0.176. The second-order valence-electron chi connectivity index (χ2n) is 10.5. The van der Waals surface area contributed by atoms with Gasteiger partial charge in [0, 0.05) is 30.1 Å². The third kappa shape index (κ3) is 5.69. The van der Waals surface area contributed by atoms with Crippen LogP contribution in [-0.2, 0) is 16.1 Å². The van der Waals surface area contributed by atoms with Crippen LogP contribution >= 0.6 is 11.8 Å². The maximum absolute atomic E-state index is 14.0. The molecule has 3 aromatic carbocycles. The Morgan fingerprint density at radius 2 is 1.84 bits per heavy atom. The molecule has 1 atom stereocenters. The van der Waals surface area contributed by atoms with Crippen molar-refractivity contribution in [1.29, 1.82) is 0 Å². The number of benzene rings is 3. The lowest BCUT2D eigenvalue weighted by molar-refractivity contribution is -0.123. The number of methoxy groups -OCH3 is 1. The first-order chi connectivity index (χ1) is 22.1. The average Bonchev–Trinajstić information content (AvgIpc) is 3.69. The Labute approximate surface area is 263 Å². The third-order valence-electron chi connectivity index (χ3n) is 7.67. The number of nitrogens with one attached hydrogen (secondary N) is 1. The fourth-order valence-corrected chi connectivity index (χ4v) is 6.66. The quantitative estimate of drug-likeness (QED) is 0.254. The van der Waals surface area contributed by atoms with Gasteiger partial charge in [0.25, 0.3) is 0 Å². The van der Waals surface area contributed by atoms with E-state index in [0.29, 0.717) is 35.3 Å². The van der Waals surface area contributed by atoms with Crippen molar-refractivity contribution in [1.82, 2.24) is 20.1 Å². The smallest absolute Gasteiger partial charge is 0.240 e. The Morgan fingerprint density at radius 3 is 2.62 bits per heavy atom. The molecular weight excluding hydrogens is 590 g/mol. The molecule has 0 saturated heterocycles. The maximum atomic E-state index is 14.0. The summed E-state index contributed by atoms with van der Waals surface area (Å²) in [5, 5.41) is 7.78. The first-order valence-corrected chi connectivity index (χ1v) is 15.4. The number of thioether (sulfide) groups is 1. The van der Waals surface area contributed by atoms with Gasteiger partial charge in [0.1, 0.15) is 18.1 Å². The minimum atomic E-state index is -0.302. The second kappa shape index (κ2) is 12.4. The number of carbonyl (C=O) groups excluding carboxylic acids is 2. The number of rotatable bonds is 8. The molecule has 1 unspecified atom stereocenters. The van der Waals surface area contributed by atoms with Crippen LogP contribution < -0.4 is 24.4 Å². The molecule has 1 N–H and O–H groups in total. The van der Waals surface area contributed by atoms with E-state index in [-0.39, 0.29) is 36.2 Å². The number of anilines is 1. The second-order valence-corrected chi connectivity index (χ2v) is 11.6. The van der Waals surface area contributed by atoms with Crippen molar-refractivity contribution in [3.63, 3.8) is 0 Å². The Kier molecular flexibility index (Phi) is 7.83. The van der Waals surface area contributed by atoms with Gasteiger partial charge >= 0.3 is 0 Å². The molecule has 0 radical (unpaired) electrons. The summed E-state index contributed by atoms with van der Waals surface area (Å²) >= 11 is 1.50. The molecule has 4 heterocycles. The first-order valence-electron chi connectivity index (χ1n) is 14.4. The van der Waals surface area contributed by atoms with Crippen LogP contribution in [0.5, 0.6) is 17.2 Å². The van der Waals surface area contributed by atoms with E-state index in [2.05, 4.69) is 10.3 Å². The molecule has 0 saturated carbocycles. The molecule has 0 aliphatic carbocycles. The predicted octanol–water partition coefficient (Wildman–Crippen LogP) is 5.16. The van der Waals surface area contributed by atoms with Gasteiger partial charge < -0.3 is 19.5 Å². The Hall–Kier alpha value is -5.29. The predicted molar refractivity (Wildman–Crippen MR) is 171 cm³/mol. The van der Waals surface area contributed by atoms with E-state index in [1.165, 1.54) is 11.8 Å². The van der Waals surface area contributed by atoms with Gasteiger partial charge in [-0.15, -0.1) is 11.8 Å². The first kappa shape index (κ1) is 28.5. The van der Waals surface area contributed by atoms with E-state index in [0.717, 1.165) is 27.9 Å². The van der Waals surface area contributed by atoms with Crippen LogP contribution in [0, 0.1) is 0 Å². The SMILES string of the molecule is COc1ccc(-n2nc(-c3ccccc3)c3c2N(CC(=O)NCc2cccnc2)C(=O)CSC3c2ccc3c(c2)OCO3)cc1. The van der Waals surface area contributed by atoms with Crippen LogP contribution in [-0.4, -0.2) is 52.8 Å². The number of pyridine rings is 1. The third-order valence-corrected chi connectivity index (χ3v) is 8.92. The van der Waals surface area contributed by atoms with Crippen LogP contribution in [0.25, 0.3) is 16.9 Å². The lowest BCUT2D eigenvalue weighted by Crippen LogP contribution is -2.42. The molecule has 0 fully saturated rings. The van der Waals surface area contributed by atoms with Gasteiger partial charge in [0.2, 0.25) is 18.6 Å². The number of fused-ring (bicyclic) bond motifs is 2. The molecule has 11 heteroatoms. The number of carbonyl (C=O) groups is 2. The van der Waals surface area contributed by atoms with Gasteiger partial charge in [0.15, 0.2) is 11.5 Å². The highest BCUT2D eigenvalue weighted by atomic mass is 32.2. The topological polar surface area (TPSA) is 108 Å². The highest BCUT2D eigenvalue weighted by molar-refractivity contribution is 8.00. The molecule has 0 bridgehead atoms. The van der Waals surface area contributed by atoms with Gasteiger partial charge in [-0.2, -0.15) is 5.10 Å². The van der Waals surface area contributed by atoms with Crippen molar-refractivity contribution in [2.24, 2.45) is 0 Å². The normalized spacial score (nSPS) is 15.4. The minimum absolute atomic E-state index is 0.153. The summed E-state index contributed by atoms with van der Waals surface area (Å²) in [6, 6.07) is 26.9. The molecule has 7 rings (SSSR count). The van der Waals surface area contributed by atoms with Gasteiger partial charge in [-0.3, -0.25) is 19.5 Å². The molecule has 45 heavy (non-hydrogen) atoms. The van der Waals surface area contributed by atoms with E-state index in [4.69, 9.17) is 19.3 Å². The van der Waals surface area contributed by atoms with Crippen LogP contribution in [0.4, 0.5) is 5.82 Å². The van der Waals surface area contributed by atoms with Crippen molar-refractivity contribution in [3.8, 4) is 34.2 Å². The van der Waals surface area contributed by atoms with Crippen molar-refractivity contribution in [2.75, 3.05) is 31.1 Å². The minimum Gasteiger partial charge on any atom is -0.497 e. The largest absolute Gasteiger partial charge is 0.497 e. The van der Waals surface area contributed by atoms with Crippen LogP contribution in [0.15, 0.2) is 97.3 Å². The monoisotopic (exact) mass is 619 g/mol. The standard InChI is InChI=1S/C34H29N5O5S/c1-42-26-12-10-25(11-13-26)39-34-31(32(37-39)23-7-3-2-4-8-23)33(24-9-14-27-28(16-24)44-21-43-27)45-20-30(41)38(34)19-29(40)36-18-22-6-5-15-35-17-22/h2-17,33H,18-21H2,1H3,(H,36,40). The number of amides is 2. The average molecular weight is 620 g/mol. The Bertz CT molecular complexity index is 1850. The van der Waals surface area contributed by atoms with Crippen molar-refractivity contribution in [3.05, 3.63) is 114 Å². The van der Waals surface area contributed by atoms with E-state index in [9.17, 15) is 9.59 Å². The summed E-state index contributed by atoms with van der Waals surface area (Å²) in [5.41, 5.74) is 4.95. The van der Waals surface area contributed by atoms with Crippen LogP contribution in [0.3, 0.4) is 0 Å². The highest BCUT2D eigenvalue weighted by Gasteiger charge is 2.38. The van der Waals surface area contributed by atoms with Gasteiger partial charge in [-0.1, -0.05) is 42.5 Å². The van der Waals surface area contributed by atoms with Gasteiger partial charge in [-0.05, 0) is 53.6 Å². The van der Waals surface area contributed by atoms with Crippen molar-refractivity contribution >= 4 is 29.4 Å². The molecule has 5 aromatic rings. The summed E-state index contributed by atoms with van der Waals surface area (Å²) in [6.07, 6.45) is 3.38. The lowest BCUT2D eigenvalue weighted by Gasteiger charge is -2.23. The summed E-state index contributed by atoms with van der Waals surface area (Å²) in [7, 11) is 1.61. The van der Waals surface area contributed by atoms with E-state index in [1.807, 2.05) is 84.9 Å². The molecule has 2 amide bonds. The Balaban J connectivity index is 1.38. The van der Waals surface area contributed by atoms with E-state index >= 15 is 0 Å². The van der Waals surface area contributed by atoms with Gasteiger partial charge in [0.05, 0.1) is 29.5 Å². The fourth-order valence-electron chi connectivity index (χ4n) is 5.47. The molecule has 226 valence electrons. The zero-order chi connectivity index (χ0) is 30.8. The van der Waals surface area contributed by atoms with Crippen LogP contribution in [0.2, 0.25) is 0 Å². The lowest BCUT2D eigenvalue weighted by atomic mass is 9.99.